The third-order valence-corrected chi connectivity index (χ3v) is 4.91. The maximum absolute atomic E-state index is 12.9. The lowest BCUT2D eigenvalue weighted by molar-refractivity contribution is 0.0722. The largest absolute Gasteiger partial charge is 0.445 e. The molecule has 0 aliphatic carbocycles. The van der Waals surface area contributed by atoms with Gasteiger partial charge in [0.15, 0.2) is 5.89 Å². The second kappa shape index (κ2) is 6.59. The summed E-state index contributed by atoms with van der Waals surface area (Å²) in [6.07, 6.45) is 4.44. The van der Waals surface area contributed by atoms with Crippen molar-refractivity contribution < 1.29 is 9.21 Å². The maximum atomic E-state index is 12.9. The van der Waals surface area contributed by atoms with E-state index < -0.39 is 0 Å². The van der Waals surface area contributed by atoms with Crippen molar-refractivity contribution in [2.24, 2.45) is 5.92 Å². The molecule has 0 aromatic carbocycles. The van der Waals surface area contributed by atoms with Crippen molar-refractivity contribution in [2.75, 3.05) is 6.54 Å². The summed E-state index contributed by atoms with van der Waals surface area (Å²) in [5.74, 6) is 2.29. The van der Waals surface area contributed by atoms with E-state index in [-0.39, 0.29) is 5.91 Å². The summed E-state index contributed by atoms with van der Waals surface area (Å²) in [5, 5.41) is 0. The number of aryl methyl sites for hydroxylation is 2. The number of amides is 1. The van der Waals surface area contributed by atoms with Crippen LogP contribution < -0.4 is 0 Å². The molecule has 1 aliphatic rings. The Balaban J connectivity index is 1.52. The fourth-order valence-electron chi connectivity index (χ4n) is 3.36. The number of carbonyl (C=O) groups is 1. The Morgan fingerprint density at radius 1 is 1.31 bits per heavy atom. The number of oxazole rings is 1. The van der Waals surface area contributed by atoms with Gasteiger partial charge >= 0.3 is 0 Å². The van der Waals surface area contributed by atoms with E-state index in [0.717, 1.165) is 41.5 Å². The van der Waals surface area contributed by atoms with Crippen molar-refractivity contribution in [3.8, 4) is 0 Å². The molecule has 0 saturated carbocycles. The first-order valence-corrected chi connectivity index (χ1v) is 9.22. The van der Waals surface area contributed by atoms with Crippen LogP contribution in [0.15, 0.2) is 28.8 Å². The van der Waals surface area contributed by atoms with Crippen molar-refractivity contribution in [1.29, 1.82) is 0 Å². The van der Waals surface area contributed by atoms with E-state index >= 15 is 0 Å². The van der Waals surface area contributed by atoms with E-state index in [4.69, 9.17) is 4.42 Å². The van der Waals surface area contributed by atoms with Gasteiger partial charge in [-0.2, -0.15) is 0 Å². The molecular formula is C20H24N4O2. The minimum absolute atomic E-state index is 0.0505. The van der Waals surface area contributed by atoms with Crippen LogP contribution in [0.4, 0.5) is 0 Å². The Labute approximate surface area is 152 Å². The first-order valence-electron chi connectivity index (χ1n) is 9.22. The summed E-state index contributed by atoms with van der Waals surface area (Å²) in [6, 6.07) is 5.87. The fraction of sp³-hybridized carbons (Fsp3) is 0.450. The lowest BCUT2D eigenvalue weighted by Crippen LogP contribution is -2.36. The number of fused-ring (bicyclic) bond motifs is 2. The zero-order valence-electron chi connectivity index (χ0n) is 15.5. The highest BCUT2D eigenvalue weighted by Crippen LogP contribution is 2.22. The van der Waals surface area contributed by atoms with Crippen molar-refractivity contribution >= 4 is 11.6 Å². The summed E-state index contributed by atoms with van der Waals surface area (Å²) in [4.78, 5) is 23.8. The highest BCUT2D eigenvalue weighted by Gasteiger charge is 2.27. The monoisotopic (exact) mass is 352 g/mol. The number of pyridine rings is 1. The molecule has 0 N–H and O–H groups in total. The standard InChI is InChI=1S/C20H24N4O2/c1-13(2)7-8-19-22-15-11-23(10-9-17(15)26-19)20(25)16-12-24-14(3)5-4-6-18(24)21-16/h4-6,12-13H,7-11H2,1-3H3. The van der Waals surface area contributed by atoms with Crippen LogP contribution in [0.3, 0.4) is 0 Å². The molecule has 4 rings (SSSR count). The molecular weight excluding hydrogens is 328 g/mol. The average Bonchev–Trinajstić information content (AvgIpc) is 3.23. The van der Waals surface area contributed by atoms with Crippen molar-refractivity contribution in [3.63, 3.8) is 0 Å². The van der Waals surface area contributed by atoms with Crippen LogP contribution in [0.1, 0.15) is 53.8 Å². The Bertz CT molecular complexity index is 954. The van der Waals surface area contributed by atoms with Crippen molar-refractivity contribution in [2.45, 2.75) is 46.6 Å². The summed E-state index contributed by atoms with van der Waals surface area (Å²) in [5.41, 5.74) is 3.22. The molecule has 6 heteroatoms. The number of carbonyl (C=O) groups excluding carboxylic acids is 1. The minimum Gasteiger partial charge on any atom is -0.445 e. The van der Waals surface area contributed by atoms with Gasteiger partial charge in [0.2, 0.25) is 0 Å². The zero-order valence-corrected chi connectivity index (χ0v) is 15.5. The second-order valence-corrected chi connectivity index (χ2v) is 7.41. The molecule has 4 heterocycles. The second-order valence-electron chi connectivity index (χ2n) is 7.41. The van der Waals surface area contributed by atoms with Crippen molar-refractivity contribution in [3.05, 3.63) is 53.1 Å². The number of nitrogens with zero attached hydrogens (tertiary/aromatic N) is 4. The molecule has 0 saturated heterocycles. The predicted octanol–water partition coefficient (Wildman–Crippen LogP) is 3.42. The maximum Gasteiger partial charge on any atom is 0.274 e. The van der Waals surface area contributed by atoms with Crippen LogP contribution >= 0.6 is 0 Å². The SMILES string of the molecule is Cc1cccc2nc(C(=O)N3CCc4oc(CCC(C)C)nc4C3)cn12. The van der Waals surface area contributed by atoms with Crippen LogP contribution in [0.5, 0.6) is 0 Å². The van der Waals surface area contributed by atoms with Gasteiger partial charge < -0.3 is 13.7 Å². The molecule has 3 aromatic heterocycles. The number of aromatic nitrogens is 3. The van der Waals surface area contributed by atoms with Gasteiger partial charge in [0, 0.05) is 31.3 Å². The molecule has 0 bridgehead atoms. The lowest BCUT2D eigenvalue weighted by Gasteiger charge is -2.24. The Kier molecular flexibility index (Phi) is 4.26. The Hall–Kier alpha value is -2.63. The first-order chi connectivity index (χ1) is 12.5. The van der Waals surface area contributed by atoms with E-state index in [1.807, 2.05) is 40.6 Å². The highest BCUT2D eigenvalue weighted by molar-refractivity contribution is 5.93. The van der Waals surface area contributed by atoms with Gasteiger partial charge in [-0.3, -0.25) is 4.79 Å². The summed E-state index contributed by atoms with van der Waals surface area (Å²) in [6.45, 7) is 7.52. The van der Waals surface area contributed by atoms with Crippen LogP contribution in [0, 0.1) is 12.8 Å². The van der Waals surface area contributed by atoms with Gasteiger partial charge in [0.1, 0.15) is 22.8 Å². The number of hydrogen-bond donors (Lipinski definition) is 0. The average molecular weight is 352 g/mol. The molecule has 136 valence electrons. The molecule has 26 heavy (non-hydrogen) atoms. The molecule has 3 aromatic rings. The van der Waals surface area contributed by atoms with Gasteiger partial charge in [-0.1, -0.05) is 19.9 Å². The van der Waals surface area contributed by atoms with Crippen LogP contribution in [0.2, 0.25) is 0 Å². The van der Waals surface area contributed by atoms with Gasteiger partial charge in [-0.05, 0) is 31.4 Å². The van der Waals surface area contributed by atoms with E-state index in [1.54, 1.807) is 0 Å². The van der Waals surface area contributed by atoms with E-state index in [9.17, 15) is 4.79 Å². The van der Waals surface area contributed by atoms with Crippen LogP contribution in [0.25, 0.3) is 5.65 Å². The lowest BCUT2D eigenvalue weighted by atomic mass is 10.1. The first kappa shape index (κ1) is 16.8. The van der Waals surface area contributed by atoms with E-state index in [0.29, 0.717) is 31.1 Å². The molecule has 0 unspecified atom stereocenters. The fourth-order valence-corrected chi connectivity index (χ4v) is 3.36. The van der Waals surface area contributed by atoms with Crippen LogP contribution in [-0.4, -0.2) is 31.7 Å². The summed E-state index contributed by atoms with van der Waals surface area (Å²) < 4.78 is 7.83. The Morgan fingerprint density at radius 3 is 2.92 bits per heavy atom. The van der Waals surface area contributed by atoms with Crippen LogP contribution in [-0.2, 0) is 19.4 Å². The summed E-state index contributed by atoms with van der Waals surface area (Å²) in [7, 11) is 0. The van der Waals surface area contributed by atoms with E-state index in [1.165, 1.54) is 0 Å². The number of hydrogen-bond acceptors (Lipinski definition) is 4. The molecule has 1 amide bonds. The van der Waals surface area contributed by atoms with Gasteiger partial charge in [0.05, 0.1) is 6.54 Å². The third-order valence-electron chi connectivity index (χ3n) is 4.91. The highest BCUT2D eigenvalue weighted by atomic mass is 16.4. The van der Waals surface area contributed by atoms with E-state index in [2.05, 4.69) is 23.8 Å². The van der Waals surface area contributed by atoms with Gasteiger partial charge in [-0.25, -0.2) is 9.97 Å². The molecule has 0 atom stereocenters. The zero-order chi connectivity index (χ0) is 18.3. The quantitative estimate of drug-likeness (QED) is 0.722. The predicted molar refractivity (Wildman–Crippen MR) is 98.0 cm³/mol. The normalized spacial score (nSPS) is 14.2. The van der Waals surface area contributed by atoms with Gasteiger partial charge in [0.25, 0.3) is 5.91 Å². The third kappa shape index (κ3) is 3.11. The summed E-state index contributed by atoms with van der Waals surface area (Å²) >= 11 is 0. The Morgan fingerprint density at radius 2 is 2.15 bits per heavy atom. The minimum atomic E-state index is -0.0505. The number of imidazole rings is 1. The molecule has 0 spiro atoms. The van der Waals surface area contributed by atoms with Gasteiger partial charge in [-0.15, -0.1) is 0 Å². The number of rotatable bonds is 4. The van der Waals surface area contributed by atoms with Crippen molar-refractivity contribution in [1.82, 2.24) is 19.3 Å². The smallest absolute Gasteiger partial charge is 0.274 e. The molecule has 0 radical (unpaired) electrons. The molecule has 1 aliphatic heterocycles. The topological polar surface area (TPSA) is 63.6 Å². The molecule has 0 fully saturated rings. The molecule has 6 nitrogen and oxygen atoms in total.